The van der Waals surface area contributed by atoms with Gasteiger partial charge in [0, 0.05) is 32.4 Å². The van der Waals surface area contributed by atoms with Gasteiger partial charge in [-0.3, -0.25) is 9.13 Å². The molecule has 10 heteroatoms. The Hall–Kier alpha value is -1.49. The highest BCUT2D eigenvalue weighted by Crippen LogP contribution is 2.29. The zero-order valence-electron chi connectivity index (χ0n) is 24.9. The molecule has 2 rings (SSSR count). The van der Waals surface area contributed by atoms with E-state index < -0.39 is 0 Å². The van der Waals surface area contributed by atoms with Gasteiger partial charge >= 0.3 is 5.69 Å². The predicted molar refractivity (Wildman–Crippen MR) is 163 cm³/mol. The molecule has 8 nitrogen and oxygen atoms in total. The minimum absolute atomic E-state index is 0.0000363. The van der Waals surface area contributed by atoms with Crippen molar-refractivity contribution in [3.8, 4) is 5.88 Å². The number of rotatable bonds is 18. The first kappa shape index (κ1) is 33.7. The highest BCUT2D eigenvalue weighted by molar-refractivity contribution is 7.80. The first-order valence-corrected chi connectivity index (χ1v) is 15.4. The molecule has 0 radical (unpaired) electrons. The summed E-state index contributed by atoms with van der Waals surface area (Å²) in [6.45, 7) is 15.2. The van der Waals surface area contributed by atoms with E-state index in [4.69, 9.17) is 12.2 Å². The second kappa shape index (κ2) is 14.9. The molecule has 0 aliphatic rings. The van der Waals surface area contributed by atoms with Crippen LogP contribution in [0.1, 0.15) is 99.3 Å². The molecule has 3 N–H and O–H groups in total. The topological polar surface area (TPSA) is 97.5 Å². The van der Waals surface area contributed by atoms with Gasteiger partial charge < -0.3 is 24.5 Å². The number of aliphatic hydroxyl groups is 2. The van der Waals surface area contributed by atoms with E-state index >= 15 is 0 Å². The Labute approximate surface area is 245 Å². The van der Waals surface area contributed by atoms with Crippen molar-refractivity contribution in [2.24, 2.45) is 10.8 Å². The monoisotopic (exact) mass is 584 g/mol. The zero-order chi connectivity index (χ0) is 29.4. The van der Waals surface area contributed by atoms with Crippen LogP contribution in [-0.2, 0) is 26.2 Å². The quantitative estimate of drug-likeness (QED) is 0.127. The molecule has 0 aliphatic heterocycles. The first-order valence-electron chi connectivity index (χ1n) is 14.5. The molecule has 2 aromatic heterocycles. The lowest BCUT2D eigenvalue weighted by Gasteiger charge is -2.26. The van der Waals surface area contributed by atoms with Gasteiger partial charge in [0.15, 0.2) is 4.77 Å². The van der Waals surface area contributed by atoms with Crippen LogP contribution in [0.15, 0.2) is 22.2 Å². The van der Waals surface area contributed by atoms with Gasteiger partial charge in [0.05, 0.1) is 23.4 Å². The summed E-state index contributed by atoms with van der Waals surface area (Å²) in [7, 11) is 0. The summed E-state index contributed by atoms with van der Waals surface area (Å²) in [5, 5.41) is 32.0. The smallest absolute Gasteiger partial charge is 0.331 e. The second-order valence-corrected chi connectivity index (χ2v) is 13.5. The normalized spacial score (nSPS) is 14.2. The molecule has 0 fully saturated rings. The Morgan fingerprint density at radius 2 is 1.28 bits per heavy atom. The lowest BCUT2D eigenvalue weighted by molar-refractivity contribution is 0.115. The molecule has 0 aromatic carbocycles. The lowest BCUT2D eigenvalue weighted by Crippen LogP contribution is -2.30. The van der Waals surface area contributed by atoms with Gasteiger partial charge in [-0.1, -0.05) is 40.5 Å². The maximum Gasteiger partial charge on any atom is 0.331 e. The van der Waals surface area contributed by atoms with E-state index in [0.717, 1.165) is 61.4 Å². The number of hydrogen-bond donors (Lipinski definition) is 4. The number of aromatic hydroxyl groups is 1. The fourth-order valence-corrected chi connectivity index (χ4v) is 6.03. The Morgan fingerprint density at radius 1 is 0.821 bits per heavy atom. The third-order valence-electron chi connectivity index (χ3n) is 7.76. The summed E-state index contributed by atoms with van der Waals surface area (Å²) in [4.78, 5) is 12.4. The van der Waals surface area contributed by atoms with Gasteiger partial charge in [-0.25, -0.2) is 4.79 Å². The van der Waals surface area contributed by atoms with Gasteiger partial charge in [-0.2, -0.15) is 0 Å². The van der Waals surface area contributed by atoms with Crippen molar-refractivity contribution < 1.29 is 15.3 Å². The second-order valence-electron chi connectivity index (χ2n) is 12.6. The standard InChI is InChI=1S/C29H52N4O4S2/c1-7-30-18-24(36)32(26(30)37)20-28(3,4)16-10-14-22(34)12-9-13-23(35)15-11-17-29(5,6)21-33-25(38)19-31(8-2)27(33)39/h18-19,22-23,34-36,38H,7-17,20-21H2,1-6H3. The molecule has 0 saturated carbocycles. The largest absolute Gasteiger partial charge is 0.493 e. The van der Waals surface area contributed by atoms with Crippen molar-refractivity contribution in [3.05, 3.63) is 27.6 Å². The third-order valence-corrected chi connectivity index (χ3v) is 8.57. The molecular weight excluding hydrogens is 532 g/mol. The van der Waals surface area contributed by atoms with E-state index in [-0.39, 0.29) is 34.6 Å². The minimum Gasteiger partial charge on any atom is -0.493 e. The molecule has 0 amide bonds. The number of aromatic nitrogens is 4. The van der Waals surface area contributed by atoms with E-state index in [1.54, 1.807) is 0 Å². The minimum atomic E-state index is -0.389. The van der Waals surface area contributed by atoms with Crippen LogP contribution in [0.4, 0.5) is 0 Å². The van der Waals surface area contributed by atoms with Crippen LogP contribution in [0.5, 0.6) is 5.88 Å². The van der Waals surface area contributed by atoms with E-state index in [1.807, 2.05) is 17.7 Å². The van der Waals surface area contributed by atoms with Crippen molar-refractivity contribution in [1.29, 1.82) is 0 Å². The third kappa shape index (κ3) is 10.4. The summed E-state index contributed by atoms with van der Waals surface area (Å²) in [6, 6.07) is 0. The van der Waals surface area contributed by atoms with Crippen LogP contribution in [0.3, 0.4) is 0 Å². The van der Waals surface area contributed by atoms with Crippen molar-refractivity contribution >= 4 is 24.8 Å². The van der Waals surface area contributed by atoms with Gasteiger partial charge in [-0.15, -0.1) is 12.6 Å². The summed E-state index contributed by atoms with van der Waals surface area (Å²) in [6.07, 6.45) is 9.97. The highest BCUT2D eigenvalue weighted by atomic mass is 32.1. The molecule has 2 heterocycles. The van der Waals surface area contributed by atoms with Crippen molar-refractivity contribution in [1.82, 2.24) is 18.3 Å². The maximum atomic E-state index is 12.4. The van der Waals surface area contributed by atoms with E-state index in [1.165, 1.54) is 15.3 Å². The number of thiol groups is 1. The molecule has 0 saturated heterocycles. The van der Waals surface area contributed by atoms with E-state index in [2.05, 4.69) is 51.8 Å². The first-order chi connectivity index (χ1) is 18.2. The van der Waals surface area contributed by atoms with Gasteiger partial charge in [0.25, 0.3) is 0 Å². The number of aliphatic hydroxyl groups excluding tert-OH is 2. The van der Waals surface area contributed by atoms with Crippen molar-refractivity contribution in [2.45, 2.75) is 143 Å². The molecular formula is C29H52N4O4S2. The van der Waals surface area contributed by atoms with Gasteiger partial charge in [0.2, 0.25) is 5.88 Å². The lowest BCUT2D eigenvalue weighted by atomic mass is 9.86. The number of aryl methyl sites for hydroxylation is 2. The van der Waals surface area contributed by atoms with Crippen LogP contribution in [0.2, 0.25) is 0 Å². The molecule has 0 spiro atoms. The van der Waals surface area contributed by atoms with Crippen molar-refractivity contribution in [2.75, 3.05) is 0 Å². The van der Waals surface area contributed by atoms with Crippen LogP contribution >= 0.6 is 24.8 Å². The molecule has 2 aromatic rings. The SMILES string of the molecule is CCn1cc(O)n(CC(C)(C)CCCC(O)CCCC(O)CCCC(C)(C)Cn2c(S)cn(CC)c2=S)c1=O. The summed E-state index contributed by atoms with van der Waals surface area (Å²) >= 11 is 10.2. The van der Waals surface area contributed by atoms with E-state index in [0.29, 0.717) is 32.4 Å². The summed E-state index contributed by atoms with van der Waals surface area (Å²) in [5.41, 5.74) is -0.315. The fourth-order valence-electron chi connectivity index (χ4n) is 5.31. The molecule has 0 bridgehead atoms. The van der Waals surface area contributed by atoms with Crippen LogP contribution in [0, 0.1) is 15.6 Å². The Bertz CT molecular complexity index is 1060. The highest BCUT2D eigenvalue weighted by Gasteiger charge is 2.23. The molecule has 2 unspecified atom stereocenters. The van der Waals surface area contributed by atoms with E-state index in [9.17, 15) is 20.1 Å². The van der Waals surface area contributed by atoms with Crippen LogP contribution < -0.4 is 5.69 Å². The summed E-state index contributed by atoms with van der Waals surface area (Å²) in [5.74, 6) is 0.0000363. The predicted octanol–water partition coefficient (Wildman–Crippen LogP) is 6.00. The van der Waals surface area contributed by atoms with Crippen LogP contribution in [0.25, 0.3) is 0 Å². The number of hydrogen-bond acceptors (Lipinski definition) is 6. The Morgan fingerprint density at radius 3 is 1.72 bits per heavy atom. The van der Waals surface area contributed by atoms with Crippen LogP contribution in [-0.4, -0.2) is 45.8 Å². The average Bonchev–Trinajstić information content (AvgIpc) is 3.27. The molecule has 224 valence electrons. The Balaban J connectivity index is 1.65. The molecule has 39 heavy (non-hydrogen) atoms. The Kier molecular flexibility index (Phi) is 12.9. The maximum absolute atomic E-state index is 12.4. The fraction of sp³-hybridized carbons (Fsp3) is 0.793. The molecule has 2 atom stereocenters. The number of nitrogens with zero attached hydrogens (tertiary/aromatic N) is 4. The zero-order valence-corrected chi connectivity index (χ0v) is 26.6. The summed E-state index contributed by atoms with van der Waals surface area (Å²) < 4.78 is 7.86. The molecule has 0 aliphatic carbocycles. The van der Waals surface area contributed by atoms with Gasteiger partial charge in [0.1, 0.15) is 0 Å². The van der Waals surface area contributed by atoms with Crippen molar-refractivity contribution in [3.63, 3.8) is 0 Å². The number of imidazole rings is 2. The van der Waals surface area contributed by atoms with Gasteiger partial charge in [-0.05, 0) is 81.8 Å². The average molecular weight is 585 g/mol.